The van der Waals surface area contributed by atoms with Crippen LogP contribution < -0.4 is 14.8 Å². The lowest BCUT2D eigenvalue weighted by atomic mass is 10.1. The Kier molecular flexibility index (Phi) is 7.70. The first-order chi connectivity index (χ1) is 15.5. The highest BCUT2D eigenvalue weighted by Gasteiger charge is 2.10. The van der Waals surface area contributed by atoms with Gasteiger partial charge in [-0.2, -0.15) is 0 Å². The summed E-state index contributed by atoms with van der Waals surface area (Å²) in [6, 6.07) is 17.0. The molecular weight excluding hydrogens is 416 g/mol. The molecule has 0 aromatic heterocycles. The van der Waals surface area contributed by atoms with Gasteiger partial charge in [0.2, 0.25) is 0 Å². The van der Waals surface area contributed by atoms with Crippen molar-refractivity contribution >= 4 is 23.5 Å². The molecule has 0 saturated carbocycles. The fourth-order valence-corrected chi connectivity index (χ4v) is 2.80. The van der Waals surface area contributed by atoms with E-state index in [9.17, 15) is 18.4 Å². The zero-order chi connectivity index (χ0) is 22.9. The zero-order valence-corrected chi connectivity index (χ0v) is 17.3. The van der Waals surface area contributed by atoms with E-state index >= 15 is 0 Å². The number of halogens is 2. The van der Waals surface area contributed by atoms with Gasteiger partial charge in [-0.15, -0.1) is 0 Å². The summed E-state index contributed by atoms with van der Waals surface area (Å²) < 4.78 is 37.5. The van der Waals surface area contributed by atoms with Gasteiger partial charge in [-0.1, -0.05) is 30.3 Å². The topological polar surface area (TPSA) is 64.6 Å². The van der Waals surface area contributed by atoms with E-state index in [0.717, 1.165) is 12.1 Å². The number of rotatable bonds is 9. The lowest BCUT2D eigenvalue weighted by Crippen LogP contribution is -2.20. The average Bonchev–Trinajstić information content (AvgIpc) is 2.79. The number of anilines is 1. The summed E-state index contributed by atoms with van der Waals surface area (Å²) in [5, 5.41) is 2.73. The Labute approximate surface area is 184 Å². The Bertz CT molecular complexity index is 1130. The maximum atomic E-state index is 13.3. The molecular formula is C25H21F2NO4. The van der Waals surface area contributed by atoms with Crippen LogP contribution in [0.25, 0.3) is 6.08 Å². The number of ether oxygens (including phenoxy) is 2. The molecule has 0 aliphatic rings. The van der Waals surface area contributed by atoms with Gasteiger partial charge in [0.25, 0.3) is 5.91 Å². The first-order valence-corrected chi connectivity index (χ1v) is 9.88. The summed E-state index contributed by atoms with van der Waals surface area (Å²) in [5.74, 6) is -2.11. The van der Waals surface area contributed by atoms with Gasteiger partial charge in [0.05, 0.1) is 6.61 Å². The quantitative estimate of drug-likeness (QED) is 0.366. The average molecular weight is 437 g/mol. The van der Waals surface area contributed by atoms with Crippen molar-refractivity contribution in [2.24, 2.45) is 0 Å². The van der Waals surface area contributed by atoms with E-state index in [4.69, 9.17) is 9.47 Å². The van der Waals surface area contributed by atoms with E-state index in [1.165, 1.54) is 18.2 Å². The van der Waals surface area contributed by atoms with Crippen molar-refractivity contribution in [3.8, 4) is 11.5 Å². The molecule has 0 bridgehead atoms. The Morgan fingerprint density at radius 1 is 0.906 bits per heavy atom. The normalized spacial score (nSPS) is 10.7. The minimum atomic E-state index is -1.08. The van der Waals surface area contributed by atoms with Crippen molar-refractivity contribution in [2.45, 2.75) is 6.92 Å². The van der Waals surface area contributed by atoms with E-state index < -0.39 is 17.4 Å². The van der Waals surface area contributed by atoms with Gasteiger partial charge in [0.1, 0.15) is 0 Å². The molecule has 0 spiro atoms. The van der Waals surface area contributed by atoms with Crippen LogP contribution >= 0.6 is 0 Å². The highest BCUT2D eigenvalue weighted by Crippen LogP contribution is 2.29. The highest BCUT2D eigenvalue weighted by molar-refractivity contribution is 6.06. The van der Waals surface area contributed by atoms with Gasteiger partial charge >= 0.3 is 0 Å². The first-order valence-electron chi connectivity index (χ1n) is 9.88. The monoisotopic (exact) mass is 437 g/mol. The molecule has 1 N–H and O–H groups in total. The molecule has 3 aromatic carbocycles. The molecule has 0 unspecified atom stereocenters. The molecule has 0 fully saturated rings. The number of allylic oxidation sites excluding steroid dienone is 1. The number of ketones is 1. The summed E-state index contributed by atoms with van der Waals surface area (Å²) in [4.78, 5) is 24.3. The maximum absolute atomic E-state index is 13.3. The molecule has 7 heteroatoms. The van der Waals surface area contributed by atoms with Gasteiger partial charge < -0.3 is 14.8 Å². The summed E-state index contributed by atoms with van der Waals surface area (Å²) >= 11 is 0. The van der Waals surface area contributed by atoms with Crippen molar-refractivity contribution in [3.63, 3.8) is 0 Å². The number of hydrogen-bond donors (Lipinski definition) is 1. The van der Waals surface area contributed by atoms with Crippen molar-refractivity contribution in [3.05, 3.63) is 95.6 Å². The van der Waals surface area contributed by atoms with Gasteiger partial charge in [-0.25, -0.2) is 8.78 Å². The Hall–Kier alpha value is -4.00. The lowest BCUT2D eigenvalue weighted by molar-refractivity contribution is -0.118. The first kappa shape index (κ1) is 22.7. The summed E-state index contributed by atoms with van der Waals surface area (Å²) in [5.41, 5.74) is 1.33. The SMILES string of the molecule is CCOc1cc(/C=C/C(=O)c2ccc(F)c(F)c2)ccc1OCC(=O)Nc1ccccc1. The van der Waals surface area contributed by atoms with Crippen LogP contribution in [-0.4, -0.2) is 24.9 Å². The minimum absolute atomic E-state index is 0.0366. The molecule has 1 amide bonds. The van der Waals surface area contributed by atoms with E-state index in [1.54, 1.807) is 37.3 Å². The number of hydrogen-bond acceptors (Lipinski definition) is 4. The zero-order valence-electron chi connectivity index (χ0n) is 17.3. The smallest absolute Gasteiger partial charge is 0.262 e. The molecule has 0 aliphatic carbocycles. The number of para-hydroxylation sites is 1. The fraction of sp³-hybridized carbons (Fsp3) is 0.120. The fourth-order valence-electron chi connectivity index (χ4n) is 2.80. The molecule has 0 aliphatic heterocycles. The highest BCUT2D eigenvalue weighted by atomic mass is 19.2. The Morgan fingerprint density at radius 2 is 1.69 bits per heavy atom. The standard InChI is InChI=1S/C25H21F2NO4/c1-2-31-24-14-17(8-12-22(29)18-10-11-20(26)21(27)15-18)9-13-23(24)32-16-25(30)28-19-6-4-3-5-7-19/h3-15H,2,16H2,1H3,(H,28,30)/b12-8+. The number of carbonyl (C=O) groups excluding carboxylic acids is 2. The predicted molar refractivity (Wildman–Crippen MR) is 118 cm³/mol. The van der Waals surface area contributed by atoms with Gasteiger partial charge in [-0.3, -0.25) is 9.59 Å². The second kappa shape index (κ2) is 10.9. The summed E-state index contributed by atoms with van der Waals surface area (Å²) in [6.45, 7) is 1.97. The van der Waals surface area contributed by atoms with Crippen LogP contribution in [0.15, 0.2) is 72.8 Å². The molecule has 3 rings (SSSR count). The molecule has 32 heavy (non-hydrogen) atoms. The molecule has 3 aromatic rings. The van der Waals surface area contributed by atoms with Gasteiger partial charge in [-0.05, 0) is 61.0 Å². The third-order valence-corrected chi connectivity index (χ3v) is 4.32. The van der Waals surface area contributed by atoms with Crippen LogP contribution in [-0.2, 0) is 4.79 Å². The van der Waals surface area contributed by atoms with Crippen LogP contribution in [0, 0.1) is 11.6 Å². The molecule has 0 radical (unpaired) electrons. The van der Waals surface area contributed by atoms with Gasteiger partial charge in [0.15, 0.2) is 35.5 Å². The summed E-state index contributed by atoms with van der Waals surface area (Å²) in [7, 11) is 0. The minimum Gasteiger partial charge on any atom is -0.490 e. The maximum Gasteiger partial charge on any atom is 0.262 e. The number of nitrogens with one attached hydrogen (secondary N) is 1. The van der Waals surface area contributed by atoms with E-state index in [2.05, 4.69) is 5.32 Å². The molecule has 0 heterocycles. The summed E-state index contributed by atoms with van der Waals surface area (Å²) in [6.07, 6.45) is 2.78. The van der Waals surface area contributed by atoms with E-state index in [0.29, 0.717) is 29.4 Å². The van der Waals surface area contributed by atoms with Crippen molar-refractivity contribution < 1.29 is 27.8 Å². The van der Waals surface area contributed by atoms with Crippen molar-refractivity contribution in [1.82, 2.24) is 0 Å². The number of benzene rings is 3. The lowest BCUT2D eigenvalue weighted by Gasteiger charge is -2.12. The molecule has 5 nitrogen and oxygen atoms in total. The molecule has 164 valence electrons. The largest absolute Gasteiger partial charge is 0.490 e. The van der Waals surface area contributed by atoms with Crippen LogP contribution in [0.5, 0.6) is 11.5 Å². The Morgan fingerprint density at radius 3 is 2.41 bits per heavy atom. The molecule has 0 atom stereocenters. The van der Waals surface area contributed by atoms with E-state index in [-0.39, 0.29) is 18.1 Å². The number of amides is 1. The predicted octanol–water partition coefficient (Wildman–Crippen LogP) is 5.28. The van der Waals surface area contributed by atoms with Crippen LogP contribution in [0.2, 0.25) is 0 Å². The third kappa shape index (κ3) is 6.25. The second-order valence-electron chi connectivity index (χ2n) is 6.67. The molecule has 0 saturated heterocycles. The third-order valence-electron chi connectivity index (χ3n) is 4.32. The number of carbonyl (C=O) groups is 2. The van der Waals surface area contributed by atoms with Crippen LogP contribution in [0.1, 0.15) is 22.8 Å². The Balaban J connectivity index is 1.66. The van der Waals surface area contributed by atoms with Crippen LogP contribution in [0.3, 0.4) is 0 Å². The second-order valence-corrected chi connectivity index (χ2v) is 6.67. The van der Waals surface area contributed by atoms with Crippen molar-refractivity contribution in [1.29, 1.82) is 0 Å². The van der Waals surface area contributed by atoms with Crippen molar-refractivity contribution in [2.75, 3.05) is 18.5 Å². The van der Waals surface area contributed by atoms with E-state index in [1.807, 2.05) is 18.2 Å². The van der Waals surface area contributed by atoms with Gasteiger partial charge in [0, 0.05) is 11.3 Å². The van der Waals surface area contributed by atoms with Crippen LogP contribution in [0.4, 0.5) is 14.5 Å².